The molecule has 1 aromatic heterocycles. The normalized spacial score (nSPS) is 11.3. The van der Waals surface area contributed by atoms with Gasteiger partial charge < -0.3 is 0 Å². The van der Waals surface area contributed by atoms with Gasteiger partial charge in [0, 0.05) is 0 Å². The zero-order valence-corrected chi connectivity index (χ0v) is 12.2. The van der Waals surface area contributed by atoms with Crippen molar-refractivity contribution in [2.45, 2.75) is 17.1 Å². The summed E-state index contributed by atoms with van der Waals surface area (Å²) in [5.41, 5.74) is 1.93. The van der Waals surface area contributed by atoms with Crippen LogP contribution >= 0.6 is 34.8 Å². The van der Waals surface area contributed by atoms with Gasteiger partial charge in [0.2, 0.25) is 3.79 Å². The fourth-order valence-electron chi connectivity index (χ4n) is 1.80. The molecule has 4 nitrogen and oxygen atoms in total. The highest BCUT2D eigenvalue weighted by molar-refractivity contribution is 6.66. The molecule has 0 aliphatic heterocycles. The topological polar surface area (TPSA) is 54.5 Å². The summed E-state index contributed by atoms with van der Waals surface area (Å²) in [6.45, 7) is 2.01. The molecule has 0 atom stereocenters. The van der Waals surface area contributed by atoms with E-state index in [2.05, 4.69) is 10.3 Å². The summed E-state index contributed by atoms with van der Waals surface area (Å²) < 4.78 is -0.361. The number of aryl methyl sites for hydroxylation is 1. The minimum atomic E-state index is -1.77. The third-order valence-corrected chi connectivity index (χ3v) is 3.18. The second kappa shape index (κ2) is 5.38. The molecule has 7 heteroatoms. The first-order valence-corrected chi connectivity index (χ1v) is 6.63. The molecule has 0 saturated carbocycles. The molecular formula is C12H9Cl3N4. The molecule has 2 aromatic rings. The van der Waals surface area contributed by atoms with Crippen molar-refractivity contribution in [2.24, 2.45) is 0 Å². The molecule has 0 radical (unpaired) electrons. The molecule has 0 bridgehead atoms. The van der Waals surface area contributed by atoms with Crippen LogP contribution in [0.3, 0.4) is 0 Å². The Labute approximate surface area is 125 Å². The molecule has 0 amide bonds. The maximum Gasteiger partial charge on any atom is 0.235 e. The number of benzene rings is 1. The van der Waals surface area contributed by atoms with Gasteiger partial charge in [-0.15, -0.1) is 5.10 Å². The van der Waals surface area contributed by atoms with E-state index in [0.29, 0.717) is 0 Å². The molecule has 1 heterocycles. The first-order chi connectivity index (χ1) is 8.99. The molecule has 0 aliphatic rings. The lowest BCUT2D eigenvalue weighted by Gasteiger charge is -2.15. The van der Waals surface area contributed by atoms with Crippen molar-refractivity contribution in [1.29, 1.82) is 5.26 Å². The minimum absolute atomic E-state index is 0.00547. The van der Waals surface area contributed by atoms with E-state index in [1.165, 1.54) is 4.68 Å². The fraction of sp³-hybridized carbons (Fsp3) is 0.250. The molecule has 0 unspecified atom stereocenters. The highest BCUT2D eigenvalue weighted by Gasteiger charge is 2.33. The monoisotopic (exact) mass is 314 g/mol. The summed E-state index contributed by atoms with van der Waals surface area (Å²) in [6.07, 6.45) is 0.789. The average molecular weight is 316 g/mol. The van der Waals surface area contributed by atoms with Gasteiger partial charge in [0.1, 0.15) is 11.8 Å². The van der Waals surface area contributed by atoms with E-state index < -0.39 is 3.79 Å². The van der Waals surface area contributed by atoms with Crippen LogP contribution in [0, 0.1) is 11.3 Å². The van der Waals surface area contributed by atoms with Crippen molar-refractivity contribution in [2.75, 3.05) is 0 Å². The number of hydrogen-bond donors (Lipinski definition) is 0. The maximum absolute atomic E-state index is 9.03. The van der Waals surface area contributed by atoms with Gasteiger partial charge in [-0.2, -0.15) is 5.26 Å². The van der Waals surface area contributed by atoms with Crippen LogP contribution < -0.4 is 0 Å². The summed E-state index contributed by atoms with van der Waals surface area (Å²) in [6, 6.07) is 9.44. The number of aromatic nitrogens is 3. The number of halogens is 3. The zero-order chi connectivity index (χ0) is 14.0. The Balaban J connectivity index is 2.71. The third kappa shape index (κ3) is 2.69. The molecule has 1 aromatic carbocycles. The molecular weight excluding hydrogens is 307 g/mol. The zero-order valence-electron chi connectivity index (χ0n) is 9.94. The van der Waals surface area contributed by atoms with Crippen LogP contribution in [-0.2, 0) is 10.2 Å². The summed E-state index contributed by atoms with van der Waals surface area (Å²) in [7, 11) is 0. The molecule has 19 heavy (non-hydrogen) atoms. The first kappa shape index (κ1) is 14.1. The molecule has 0 fully saturated rings. The van der Waals surface area contributed by atoms with E-state index >= 15 is 0 Å². The predicted molar refractivity (Wildman–Crippen MR) is 74.7 cm³/mol. The van der Waals surface area contributed by atoms with Crippen molar-refractivity contribution in [3.05, 3.63) is 41.2 Å². The molecule has 0 aliphatic carbocycles. The van der Waals surface area contributed by atoms with Gasteiger partial charge >= 0.3 is 0 Å². The van der Waals surface area contributed by atoms with Crippen LogP contribution in [0.4, 0.5) is 0 Å². The maximum atomic E-state index is 9.03. The number of rotatable bonds is 2. The lowest BCUT2D eigenvalue weighted by atomic mass is 10.1. The Kier molecular flexibility index (Phi) is 4.00. The first-order valence-electron chi connectivity index (χ1n) is 5.50. The Morgan fingerprint density at radius 3 is 2.58 bits per heavy atom. The van der Waals surface area contributed by atoms with Gasteiger partial charge in [0.05, 0.1) is 5.69 Å². The lowest BCUT2D eigenvalue weighted by Crippen LogP contribution is -2.13. The highest BCUT2D eigenvalue weighted by Crippen LogP contribution is 2.40. The summed E-state index contributed by atoms with van der Waals surface area (Å²) in [5.74, 6) is 0. The van der Waals surface area contributed by atoms with Gasteiger partial charge in [-0.3, -0.25) is 0 Å². The van der Waals surface area contributed by atoms with Crippen LogP contribution in [0.1, 0.15) is 23.9 Å². The van der Waals surface area contributed by atoms with E-state index in [4.69, 9.17) is 40.1 Å². The van der Waals surface area contributed by atoms with Gasteiger partial charge in [-0.05, 0) is 18.1 Å². The Hall–Kier alpha value is -1.28. The van der Waals surface area contributed by atoms with E-state index in [9.17, 15) is 0 Å². The van der Waals surface area contributed by atoms with Crippen molar-refractivity contribution < 1.29 is 0 Å². The standard InChI is InChI=1S/C12H9Cl3N4/c1-2-8-5-3-4-6-10(8)19-11(12(13,14)15)9(7-16)17-18-19/h3-6H,2H2,1H3. The smallest absolute Gasteiger partial charge is 0.211 e. The van der Waals surface area contributed by atoms with Crippen molar-refractivity contribution in [3.63, 3.8) is 0 Å². The van der Waals surface area contributed by atoms with E-state index in [0.717, 1.165) is 17.7 Å². The molecule has 0 saturated heterocycles. The Morgan fingerprint density at radius 2 is 2.00 bits per heavy atom. The van der Waals surface area contributed by atoms with Crippen LogP contribution in [0.5, 0.6) is 0 Å². The van der Waals surface area contributed by atoms with Gasteiger partial charge in [0.15, 0.2) is 5.69 Å². The summed E-state index contributed by atoms with van der Waals surface area (Å²) >= 11 is 17.7. The Morgan fingerprint density at radius 1 is 1.32 bits per heavy atom. The van der Waals surface area contributed by atoms with Crippen LogP contribution in [-0.4, -0.2) is 15.0 Å². The molecule has 98 valence electrons. The van der Waals surface area contributed by atoms with Gasteiger partial charge in [0.25, 0.3) is 0 Å². The Bertz CT molecular complexity index is 637. The summed E-state index contributed by atoms with van der Waals surface area (Å²) in [4.78, 5) is 0. The SMILES string of the molecule is CCc1ccccc1-n1nnc(C#N)c1C(Cl)(Cl)Cl. The number of alkyl halides is 3. The van der Waals surface area contributed by atoms with E-state index in [-0.39, 0.29) is 11.4 Å². The van der Waals surface area contributed by atoms with Crippen LogP contribution in [0.15, 0.2) is 24.3 Å². The number of para-hydroxylation sites is 1. The van der Waals surface area contributed by atoms with E-state index in [1.807, 2.05) is 37.3 Å². The van der Waals surface area contributed by atoms with Crippen molar-refractivity contribution in [3.8, 4) is 11.8 Å². The third-order valence-electron chi connectivity index (χ3n) is 2.65. The second-order valence-electron chi connectivity index (χ2n) is 3.79. The highest BCUT2D eigenvalue weighted by atomic mass is 35.6. The van der Waals surface area contributed by atoms with Gasteiger partial charge in [-0.25, -0.2) is 4.68 Å². The van der Waals surface area contributed by atoms with Gasteiger partial charge in [-0.1, -0.05) is 65.1 Å². The minimum Gasteiger partial charge on any atom is -0.211 e. The quantitative estimate of drug-likeness (QED) is 0.797. The van der Waals surface area contributed by atoms with Crippen molar-refractivity contribution >= 4 is 34.8 Å². The van der Waals surface area contributed by atoms with E-state index in [1.54, 1.807) is 0 Å². The fourth-order valence-corrected chi connectivity index (χ4v) is 2.31. The number of nitriles is 1. The van der Waals surface area contributed by atoms with Crippen molar-refractivity contribution in [1.82, 2.24) is 15.0 Å². The van der Waals surface area contributed by atoms with Crippen LogP contribution in [0.2, 0.25) is 0 Å². The molecule has 0 spiro atoms. The van der Waals surface area contributed by atoms with Crippen LogP contribution in [0.25, 0.3) is 5.69 Å². The number of nitrogens with zero attached hydrogens (tertiary/aromatic N) is 4. The molecule has 0 N–H and O–H groups in total. The summed E-state index contributed by atoms with van der Waals surface area (Å²) in [5, 5.41) is 16.7. The average Bonchev–Trinajstić information content (AvgIpc) is 2.82. The molecule has 2 rings (SSSR count). The lowest BCUT2D eigenvalue weighted by molar-refractivity contribution is 0.762. The second-order valence-corrected chi connectivity index (χ2v) is 6.07. The predicted octanol–water partition coefficient (Wildman–Crippen LogP) is 3.53. The number of hydrogen-bond acceptors (Lipinski definition) is 3. The largest absolute Gasteiger partial charge is 0.235 e.